The van der Waals surface area contributed by atoms with Crippen molar-refractivity contribution in [2.24, 2.45) is 0 Å². The molecule has 138 valence electrons. The molecule has 1 unspecified atom stereocenters. The van der Waals surface area contributed by atoms with Crippen LogP contribution in [0.4, 0.5) is 10.5 Å². The Kier molecular flexibility index (Phi) is 4.24. The summed E-state index contributed by atoms with van der Waals surface area (Å²) in [5.74, 6) is -0.564. The van der Waals surface area contributed by atoms with Crippen LogP contribution in [0.5, 0.6) is 0 Å². The maximum absolute atomic E-state index is 12.5. The molecule has 1 saturated heterocycles. The van der Waals surface area contributed by atoms with E-state index in [-0.39, 0.29) is 19.1 Å². The van der Waals surface area contributed by atoms with Crippen molar-refractivity contribution in [1.82, 2.24) is 14.7 Å². The highest BCUT2D eigenvalue weighted by atomic mass is 16.6. The van der Waals surface area contributed by atoms with E-state index in [4.69, 9.17) is 4.74 Å². The molecule has 1 fully saturated rings. The first-order valence-corrected chi connectivity index (χ1v) is 8.30. The van der Waals surface area contributed by atoms with Gasteiger partial charge in [-0.3, -0.25) is 14.4 Å². The molecule has 0 spiro atoms. The number of hydrogen-bond donors (Lipinski definition) is 2. The third-order valence-corrected chi connectivity index (χ3v) is 4.39. The Bertz CT molecular complexity index is 695. The molecule has 9 nitrogen and oxygen atoms in total. The van der Waals surface area contributed by atoms with Crippen molar-refractivity contribution in [2.45, 2.75) is 64.6 Å². The van der Waals surface area contributed by atoms with Gasteiger partial charge in [-0.25, -0.2) is 4.79 Å². The van der Waals surface area contributed by atoms with Gasteiger partial charge < -0.3 is 19.8 Å². The van der Waals surface area contributed by atoms with E-state index in [0.29, 0.717) is 17.9 Å². The smallest absolute Gasteiger partial charge is 0.410 e. The number of aromatic nitrogens is 2. The lowest BCUT2D eigenvalue weighted by atomic mass is 10.2. The first-order valence-electron chi connectivity index (χ1n) is 8.30. The first-order chi connectivity index (χ1) is 11.6. The number of nitrogens with zero attached hydrogens (tertiary/aromatic N) is 4. The third-order valence-electron chi connectivity index (χ3n) is 4.39. The summed E-state index contributed by atoms with van der Waals surface area (Å²) in [6.45, 7) is 8.04. The van der Waals surface area contributed by atoms with Crippen LogP contribution in [0.25, 0.3) is 0 Å². The van der Waals surface area contributed by atoms with Gasteiger partial charge >= 0.3 is 6.09 Å². The zero-order chi connectivity index (χ0) is 18.5. The third kappa shape index (κ3) is 3.21. The number of rotatable bonds is 1. The van der Waals surface area contributed by atoms with E-state index < -0.39 is 29.8 Å². The Morgan fingerprint density at radius 2 is 2.00 bits per heavy atom. The molecule has 0 aromatic carbocycles. The van der Waals surface area contributed by atoms with Crippen molar-refractivity contribution in [3.63, 3.8) is 0 Å². The number of carbonyl (C=O) groups is 2. The van der Waals surface area contributed by atoms with Crippen molar-refractivity contribution in [2.75, 3.05) is 11.4 Å². The summed E-state index contributed by atoms with van der Waals surface area (Å²) >= 11 is 0. The van der Waals surface area contributed by atoms with Gasteiger partial charge in [-0.05, 0) is 27.7 Å². The van der Waals surface area contributed by atoms with E-state index in [2.05, 4.69) is 5.10 Å². The van der Waals surface area contributed by atoms with Crippen LogP contribution in [-0.2, 0) is 22.6 Å². The number of amides is 2. The second kappa shape index (κ2) is 5.99. The quantitative estimate of drug-likeness (QED) is 0.742. The Balaban J connectivity index is 1.86. The molecule has 2 aliphatic heterocycles. The highest BCUT2D eigenvalue weighted by molar-refractivity contribution is 5.99. The molecule has 25 heavy (non-hydrogen) atoms. The SMILES string of the molecule is CC1Cn2ncc(N3C[C@@H](O)[C@H](O)C3=O)c2CN1C(=O)OC(C)(C)C. The number of β-amino-alcohol motifs (C(OH)–C–C–N with tert-alkyl or cyclic N) is 1. The van der Waals surface area contributed by atoms with Gasteiger partial charge in [-0.15, -0.1) is 0 Å². The van der Waals surface area contributed by atoms with E-state index in [9.17, 15) is 19.8 Å². The second-order valence-corrected chi connectivity index (χ2v) is 7.58. The molecular formula is C16H24N4O5. The van der Waals surface area contributed by atoms with Gasteiger partial charge in [0.1, 0.15) is 11.7 Å². The highest BCUT2D eigenvalue weighted by Crippen LogP contribution is 2.30. The van der Waals surface area contributed by atoms with Gasteiger partial charge in [-0.1, -0.05) is 0 Å². The van der Waals surface area contributed by atoms with Crippen molar-refractivity contribution in [1.29, 1.82) is 0 Å². The average molecular weight is 352 g/mol. The molecule has 9 heteroatoms. The maximum Gasteiger partial charge on any atom is 0.410 e. The monoisotopic (exact) mass is 352 g/mol. The Labute approximate surface area is 145 Å². The van der Waals surface area contributed by atoms with Gasteiger partial charge in [-0.2, -0.15) is 5.10 Å². The second-order valence-electron chi connectivity index (χ2n) is 7.58. The molecule has 3 rings (SSSR count). The van der Waals surface area contributed by atoms with E-state index >= 15 is 0 Å². The van der Waals surface area contributed by atoms with Crippen LogP contribution in [0.15, 0.2) is 6.20 Å². The van der Waals surface area contributed by atoms with E-state index in [1.54, 1.807) is 30.4 Å². The molecule has 0 saturated carbocycles. The molecule has 1 aromatic rings. The van der Waals surface area contributed by atoms with Crippen molar-refractivity contribution >= 4 is 17.7 Å². The topological polar surface area (TPSA) is 108 Å². The highest BCUT2D eigenvalue weighted by Gasteiger charge is 2.42. The number of ether oxygens (including phenoxy) is 1. The summed E-state index contributed by atoms with van der Waals surface area (Å²) in [6.07, 6.45) is -1.46. The minimum absolute atomic E-state index is 0.000679. The fourth-order valence-electron chi connectivity index (χ4n) is 3.10. The number of aliphatic hydroxyl groups excluding tert-OH is 2. The van der Waals surface area contributed by atoms with Gasteiger partial charge in [0, 0.05) is 0 Å². The summed E-state index contributed by atoms with van der Waals surface area (Å²) < 4.78 is 7.20. The summed E-state index contributed by atoms with van der Waals surface area (Å²) in [7, 11) is 0. The van der Waals surface area contributed by atoms with E-state index in [1.165, 1.54) is 11.1 Å². The maximum atomic E-state index is 12.5. The predicted molar refractivity (Wildman–Crippen MR) is 87.8 cm³/mol. The number of carbonyl (C=O) groups excluding carboxylic acids is 2. The van der Waals surface area contributed by atoms with Crippen LogP contribution in [0.2, 0.25) is 0 Å². The van der Waals surface area contributed by atoms with Crippen molar-refractivity contribution in [3.05, 3.63) is 11.9 Å². The fraction of sp³-hybridized carbons (Fsp3) is 0.688. The van der Waals surface area contributed by atoms with Crippen molar-refractivity contribution in [3.8, 4) is 0 Å². The lowest BCUT2D eigenvalue weighted by Crippen LogP contribution is -2.47. The molecule has 2 aliphatic rings. The summed E-state index contributed by atoms with van der Waals surface area (Å²) in [5.41, 5.74) is 0.580. The fourth-order valence-corrected chi connectivity index (χ4v) is 3.10. The van der Waals surface area contributed by atoms with E-state index in [1.807, 2.05) is 6.92 Å². The Hall–Kier alpha value is -2.13. The molecule has 3 heterocycles. The molecule has 1 aromatic heterocycles. The first kappa shape index (κ1) is 17.7. The normalized spacial score (nSPS) is 26.8. The summed E-state index contributed by atoms with van der Waals surface area (Å²) in [4.78, 5) is 27.5. The van der Waals surface area contributed by atoms with Crippen LogP contribution < -0.4 is 4.90 Å². The van der Waals surface area contributed by atoms with Gasteiger partial charge in [0.05, 0.1) is 43.3 Å². The molecule has 0 bridgehead atoms. The average Bonchev–Trinajstić information content (AvgIpc) is 3.00. The number of fused-ring (bicyclic) bond motifs is 1. The van der Waals surface area contributed by atoms with Gasteiger partial charge in [0.25, 0.3) is 5.91 Å². The standard InChI is InChI=1S/C16H24N4O5/c1-9-6-20-11(7-18(9)15(24)25-16(2,3)4)10(5-17-20)19-8-12(21)13(22)14(19)23/h5,9,12-13,21-22H,6-8H2,1-4H3/t9?,12-,13+/m1/s1. The lowest BCUT2D eigenvalue weighted by Gasteiger charge is -2.36. The largest absolute Gasteiger partial charge is 0.444 e. The zero-order valence-corrected chi connectivity index (χ0v) is 14.8. The van der Waals surface area contributed by atoms with Gasteiger partial charge in [0.15, 0.2) is 6.10 Å². The zero-order valence-electron chi connectivity index (χ0n) is 14.8. The number of aliphatic hydroxyl groups is 2. The number of anilines is 1. The molecule has 0 aliphatic carbocycles. The van der Waals surface area contributed by atoms with E-state index in [0.717, 1.165) is 0 Å². The summed E-state index contributed by atoms with van der Waals surface area (Å²) in [5, 5.41) is 23.7. The predicted octanol–water partition coefficient (Wildman–Crippen LogP) is 0.0907. The van der Waals surface area contributed by atoms with Crippen LogP contribution in [0, 0.1) is 0 Å². The van der Waals surface area contributed by atoms with Crippen molar-refractivity contribution < 1.29 is 24.5 Å². The Morgan fingerprint density at radius 3 is 2.56 bits per heavy atom. The molecule has 0 radical (unpaired) electrons. The van der Waals surface area contributed by atoms with Crippen LogP contribution in [0.1, 0.15) is 33.4 Å². The molecule has 2 N–H and O–H groups in total. The minimum Gasteiger partial charge on any atom is -0.444 e. The minimum atomic E-state index is -1.43. The Morgan fingerprint density at radius 1 is 1.32 bits per heavy atom. The summed E-state index contributed by atoms with van der Waals surface area (Å²) in [6, 6.07) is -0.111. The molecule has 2 amide bonds. The van der Waals surface area contributed by atoms with Crippen LogP contribution >= 0.6 is 0 Å². The van der Waals surface area contributed by atoms with Gasteiger partial charge in [0.2, 0.25) is 0 Å². The molecule has 3 atom stereocenters. The van der Waals surface area contributed by atoms with Crippen LogP contribution in [-0.4, -0.2) is 67.3 Å². The molecular weight excluding hydrogens is 328 g/mol. The number of hydrogen-bond acceptors (Lipinski definition) is 6. The lowest BCUT2D eigenvalue weighted by molar-refractivity contribution is -0.126. The van der Waals surface area contributed by atoms with Crippen LogP contribution in [0.3, 0.4) is 0 Å².